The van der Waals surface area contributed by atoms with E-state index >= 15 is 0 Å². The second-order valence-electron chi connectivity index (χ2n) is 4.64. The van der Waals surface area contributed by atoms with Crippen LogP contribution in [0, 0.1) is 5.92 Å². The van der Waals surface area contributed by atoms with Crippen molar-refractivity contribution in [1.29, 1.82) is 0 Å². The van der Waals surface area contributed by atoms with Crippen molar-refractivity contribution in [3.63, 3.8) is 0 Å². The zero-order valence-corrected chi connectivity index (χ0v) is 9.93. The lowest BCUT2D eigenvalue weighted by Gasteiger charge is -2.25. The van der Waals surface area contributed by atoms with E-state index in [0.717, 1.165) is 38.0 Å². The van der Waals surface area contributed by atoms with Crippen LogP contribution in [0.4, 0.5) is 0 Å². The summed E-state index contributed by atoms with van der Waals surface area (Å²) in [6.45, 7) is 2.08. The molecule has 0 bridgehead atoms. The van der Waals surface area contributed by atoms with E-state index in [0.29, 0.717) is 5.92 Å². The largest absolute Gasteiger partial charge is 0.369 e. The van der Waals surface area contributed by atoms with Crippen LogP contribution in [-0.2, 0) is 4.79 Å². The average Bonchev–Trinajstić information content (AvgIpc) is 2.38. The normalized spacial score (nSPS) is 18.8. The summed E-state index contributed by atoms with van der Waals surface area (Å²) in [5.41, 5.74) is 6.30. The van der Waals surface area contributed by atoms with E-state index in [2.05, 4.69) is 10.3 Å². The quantitative estimate of drug-likeness (QED) is 0.816. The SMILES string of the molecule is NC(=O)C(CC1CCNCC1)c1ccccn1. The van der Waals surface area contributed by atoms with E-state index in [4.69, 9.17) is 5.73 Å². The van der Waals surface area contributed by atoms with Crippen LogP contribution in [0.5, 0.6) is 0 Å². The van der Waals surface area contributed by atoms with Gasteiger partial charge in [0.15, 0.2) is 0 Å². The van der Waals surface area contributed by atoms with E-state index in [1.54, 1.807) is 6.20 Å². The molecule has 3 N–H and O–H groups in total. The second-order valence-corrected chi connectivity index (χ2v) is 4.64. The highest BCUT2D eigenvalue weighted by Crippen LogP contribution is 2.26. The molecule has 2 heterocycles. The Hall–Kier alpha value is -1.42. The number of carbonyl (C=O) groups is 1. The third-order valence-corrected chi connectivity index (χ3v) is 3.42. The molecule has 1 atom stereocenters. The van der Waals surface area contributed by atoms with Gasteiger partial charge in [0.1, 0.15) is 0 Å². The number of rotatable bonds is 4. The van der Waals surface area contributed by atoms with Gasteiger partial charge in [-0.3, -0.25) is 9.78 Å². The number of aromatic nitrogens is 1. The summed E-state index contributed by atoms with van der Waals surface area (Å²) in [6.07, 6.45) is 4.79. The Morgan fingerprint density at radius 1 is 1.47 bits per heavy atom. The number of piperidine rings is 1. The highest BCUT2D eigenvalue weighted by Gasteiger charge is 2.24. The Bertz CT molecular complexity index is 360. The molecule has 1 saturated heterocycles. The summed E-state index contributed by atoms with van der Waals surface area (Å²) < 4.78 is 0. The number of nitrogens with two attached hydrogens (primary N) is 1. The fourth-order valence-electron chi connectivity index (χ4n) is 2.42. The summed E-state index contributed by atoms with van der Waals surface area (Å²) in [5, 5.41) is 3.33. The fourth-order valence-corrected chi connectivity index (χ4v) is 2.42. The van der Waals surface area contributed by atoms with Crippen molar-refractivity contribution in [1.82, 2.24) is 10.3 Å². The summed E-state index contributed by atoms with van der Waals surface area (Å²) >= 11 is 0. The second kappa shape index (κ2) is 5.77. The number of hydrogen-bond acceptors (Lipinski definition) is 3. The molecule has 1 fully saturated rings. The van der Waals surface area contributed by atoms with Crippen molar-refractivity contribution in [2.45, 2.75) is 25.2 Å². The molecule has 0 radical (unpaired) electrons. The molecule has 1 aliphatic rings. The summed E-state index contributed by atoms with van der Waals surface area (Å²) in [5.74, 6) is 0.0808. The van der Waals surface area contributed by atoms with Gasteiger partial charge in [0.2, 0.25) is 5.91 Å². The average molecular weight is 233 g/mol. The van der Waals surface area contributed by atoms with Crippen molar-refractivity contribution in [3.05, 3.63) is 30.1 Å². The highest BCUT2D eigenvalue weighted by atomic mass is 16.1. The van der Waals surface area contributed by atoms with Crippen LogP contribution < -0.4 is 11.1 Å². The highest BCUT2D eigenvalue weighted by molar-refractivity contribution is 5.81. The summed E-state index contributed by atoms with van der Waals surface area (Å²) in [7, 11) is 0. The molecule has 0 saturated carbocycles. The summed E-state index contributed by atoms with van der Waals surface area (Å²) in [6, 6.07) is 5.64. The molecule has 0 spiro atoms. The maximum absolute atomic E-state index is 11.5. The van der Waals surface area contributed by atoms with E-state index in [-0.39, 0.29) is 11.8 Å². The van der Waals surface area contributed by atoms with Gasteiger partial charge in [-0.2, -0.15) is 0 Å². The van der Waals surface area contributed by atoms with Crippen LogP contribution in [0.2, 0.25) is 0 Å². The van der Waals surface area contributed by atoms with E-state index < -0.39 is 0 Å². The molecular weight excluding hydrogens is 214 g/mol. The Morgan fingerprint density at radius 3 is 2.82 bits per heavy atom. The third-order valence-electron chi connectivity index (χ3n) is 3.42. The zero-order valence-electron chi connectivity index (χ0n) is 9.93. The molecule has 4 nitrogen and oxygen atoms in total. The minimum absolute atomic E-state index is 0.237. The number of nitrogens with zero attached hydrogens (tertiary/aromatic N) is 1. The van der Waals surface area contributed by atoms with E-state index in [1.807, 2.05) is 18.2 Å². The van der Waals surface area contributed by atoms with Gasteiger partial charge in [-0.1, -0.05) is 6.07 Å². The van der Waals surface area contributed by atoms with Gasteiger partial charge in [0, 0.05) is 6.20 Å². The van der Waals surface area contributed by atoms with Crippen LogP contribution in [0.25, 0.3) is 0 Å². The number of amides is 1. The van der Waals surface area contributed by atoms with Crippen molar-refractivity contribution in [2.75, 3.05) is 13.1 Å². The van der Waals surface area contributed by atoms with Crippen molar-refractivity contribution in [3.8, 4) is 0 Å². The summed E-state index contributed by atoms with van der Waals surface area (Å²) in [4.78, 5) is 15.8. The maximum Gasteiger partial charge on any atom is 0.226 e. The third kappa shape index (κ3) is 3.27. The first-order valence-corrected chi connectivity index (χ1v) is 6.18. The first kappa shape index (κ1) is 12.0. The standard InChI is InChI=1S/C13H19N3O/c14-13(17)11(12-3-1-2-6-16-12)9-10-4-7-15-8-5-10/h1-3,6,10-11,15H,4-5,7-9H2,(H2,14,17). The number of nitrogens with one attached hydrogen (secondary N) is 1. The Labute approximate surface area is 102 Å². The molecule has 1 aliphatic heterocycles. The minimum Gasteiger partial charge on any atom is -0.369 e. The predicted octanol–water partition coefficient (Wildman–Crippen LogP) is 1.04. The predicted molar refractivity (Wildman–Crippen MR) is 66.4 cm³/mol. The molecule has 1 amide bonds. The zero-order chi connectivity index (χ0) is 12.1. The monoisotopic (exact) mass is 233 g/mol. The Kier molecular flexibility index (Phi) is 4.09. The lowest BCUT2D eigenvalue weighted by molar-refractivity contribution is -0.120. The number of carbonyl (C=O) groups excluding carboxylic acids is 1. The van der Waals surface area contributed by atoms with Gasteiger partial charge in [0.05, 0.1) is 11.6 Å². The first-order chi connectivity index (χ1) is 8.27. The van der Waals surface area contributed by atoms with Crippen LogP contribution >= 0.6 is 0 Å². The van der Waals surface area contributed by atoms with Gasteiger partial charge in [-0.05, 0) is 50.4 Å². The smallest absolute Gasteiger partial charge is 0.226 e. The number of hydrogen-bond donors (Lipinski definition) is 2. The first-order valence-electron chi connectivity index (χ1n) is 6.18. The molecule has 92 valence electrons. The minimum atomic E-state index is -0.262. The Balaban J connectivity index is 2.05. The molecule has 17 heavy (non-hydrogen) atoms. The van der Waals surface area contributed by atoms with Gasteiger partial charge in [-0.25, -0.2) is 0 Å². The Morgan fingerprint density at radius 2 is 2.24 bits per heavy atom. The van der Waals surface area contributed by atoms with Gasteiger partial charge in [0.25, 0.3) is 0 Å². The molecule has 2 rings (SSSR count). The lowest BCUT2D eigenvalue weighted by atomic mass is 9.86. The maximum atomic E-state index is 11.5. The molecule has 0 aromatic carbocycles. The lowest BCUT2D eigenvalue weighted by Crippen LogP contribution is -2.31. The topological polar surface area (TPSA) is 68.0 Å². The molecule has 1 aromatic heterocycles. The van der Waals surface area contributed by atoms with E-state index in [1.165, 1.54) is 0 Å². The molecule has 1 aromatic rings. The van der Waals surface area contributed by atoms with Crippen molar-refractivity contribution >= 4 is 5.91 Å². The molecule has 1 unspecified atom stereocenters. The van der Waals surface area contributed by atoms with Crippen molar-refractivity contribution in [2.24, 2.45) is 11.7 Å². The fraction of sp³-hybridized carbons (Fsp3) is 0.538. The van der Waals surface area contributed by atoms with Crippen LogP contribution in [-0.4, -0.2) is 24.0 Å². The number of pyridine rings is 1. The van der Waals surface area contributed by atoms with Crippen LogP contribution in [0.15, 0.2) is 24.4 Å². The van der Waals surface area contributed by atoms with Gasteiger partial charge < -0.3 is 11.1 Å². The van der Waals surface area contributed by atoms with Crippen LogP contribution in [0.1, 0.15) is 30.9 Å². The van der Waals surface area contributed by atoms with E-state index in [9.17, 15) is 4.79 Å². The van der Waals surface area contributed by atoms with Crippen molar-refractivity contribution < 1.29 is 4.79 Å². The molecule has 4 heteroatoms. The van der Waals surface area contributed by atoms with Gasteiger partial charge >= 0.3 is 0 Å². The number of primary amides is 1. The van der Waals surface area contributed by atoms with Crippen LogP contribution in [0.3, 0.4) is 0 Å². The molecular formula is C13H19N3O. The van der Waals surface area contributed by atoms with Gasteiger partial charge in [-0.15, -0.1) is 0 Å². The molecule has 0 aliphatic carbocycles.